The summed E-state index contributed by atoms with van der Waals surface area (Å²) in [5.41, 5.74) is 0.824. The summed E-state index contributed by atoms with van der Waals surface area (Å²) < 4.78 is 5.52. The van der Waals surface area contributed by atoms with Gasteiger partial charge in [0.15, 0.2) is 0 Å². The van der Waals surface area contributed by atoms with Crippen molar-refractivity contribution in [2.45, 2.75) is 38.9 Å². The van der Waals surface area contributed by atoms with Gasteiger partial charge in [0.1, 0.15) is 6.10 Å². The highest BCUT2D eigenvalue weighted by Gasteiger charge is 2.20. The first-order valence-corrected chi connectivity index (χ1v) is 5.49. The fourth-order valence-corrected chi connectivity index (χ4v) is 1.60. The van der Waals surface area contributed by atoms with Crippen LogP contribution in [0.1, 0.15) is 38.4 Å². The number of aliphatic hydroxyl groups excluding tert-OH is 1. The van der Waals surface area contributed by atoms with Crippen molar-refractivity contribution in [3.63, 3.8) is 0 Å². The number of pyridine rings is 1. The van der Waals surface area contributed by atoms with Crippen LogP contribution >= 0.6 is 0 Å². The molecule has 1 N–H and O–H groups in total. The van der Waals surface area contributed by atoms with Crippen molar-refractivity contribution in [3.8, 4) is 0 Å². The fourth-order valence-electron chi connectivity index (χ4n) is 1.60. The van der Waals surface area contributed by atoms with E-state index in [1.54, 1.807) is 12.4 Å². The van der Waals surface area contributed by atoms with Crippen molar-refractivity contribution in [1.82, 2.24) is 4.98 Å². The number of hydrogen-bond acceptors (Lipinski definition) is 3. The number of aliphatic hydroxyl groups is 1. The summed E-state index contributed by atoms with van der Waals surface area (Å²) in [5, 5.41) is 10.1. The molecule has 0 aliphatic heterocycles. The summed E-state index contributed by atoms with van der Waals surface area (Å²) in [7, 11) is 0. The highest BCUT2D eigenvalue weighted by atomic mass is 16.5. The predicted molar refractivity (Wildman–Crippen MR) is 59.5 cm³/mol. The van der Waals surface area contributed by atoms with Gasteiger partial charge in [0, 0.05) is 24.6 Å². The van der Waals surface area contributed by atoms with Crippen molar-refractivity contribution in [2.24, 2.45) is 0 Å². The van der Waals surface area contributed by atoms with Crippen LogP contribution in [0.4, 0.5) is 0 Å². The Bertz CT molecular complexity index is 258. The van der Waals surface area contributed by atoms with E-state index in [1.807, 2.05) is 19.1 Å². The van der Waals surface area contributed by atoms with E-state index in [0.29, 0.717) is 6.61 Å². The molecule has 0 radical (unpaired) electrons. The third-order valence-corrected chi connectivity index (χ3v) is 2.33. The Kier molecular flexibility index (Phi) is 5.29. The van der Waals surface area contributed by atoms with Gasteiger partial charge in [-0.05, 0) is 19.4 Å². The minimum Gasteiger partial charge on any atom is -0.386 e. The Morgan fingerprint density at radius 2 is 2.27 bits per heavy atom. The summed E-state index contributed by atoms with van der Waals surface area (Å²) >= 11 is 0. The monoisotopic (exact) mass is 209 g/mol. The molecule has 0 bridgehead atoms. The molecule has 0 fully saturated rings. The number of aromatic nitrogens is 1. The third-order valence-electron chi connectivity index (χ3n) is 2.33. The number of ether oxygens (including phenoxy) is 1. The lowest BCUT2D eigenvalue weighted by molar-refractivity contribution is -0.0386. The lowest BCUT2D eigenvalue weighted by Crippen LogP contribution is -2.22. The Morgan fingerprint density at radius 1 is 1.47 bits per heavy atom. The van der Waals surface area contributed by atoms with Crippen LogP contribution in [0, 0.1) is 0 Å². The van der Waals surface area contributed by atoms with Crippen LogP contribution in [0.25, 0.3) is 0 Å². The van der Waals surface area contributed by atoms with Gasteiger partial charge in [-0.1, -0.05) is 19.4 Å². The first-order valence-electron chi connectivity index (χ1n) is 5.49. The van der Waals surface area contributed by atoms with Gasteiger partial charge in [-0.2, -0.15) is 0 Å². The molecule has 1 heterocycles. The molecule has 2 atom stereocenters. The zero-order chi connectivity index (χ0) is 11.1. The quantitative estimate of drug-likeness (QED) is 0.781. The van der Waals surface area contributed by atoms with Crippen LogP contribution in [0.2, 0.25) is 0 Å². The van der Waals surface area contributed by atoms with E-state index < -0.39 is 6.10 Å². The fraction of sp³-hybridized carbons (Fsp3) is 0.583. The van der Waals surface area contributed by atoms with E-state index >= 15 is 0 Å². The molecule has 1 aromatic rings. The van der Waals surface area contributed by atoms with Crippen LogP contribution in [-0.4, -0.2) is 22.8 Å². The van der Waals surface area contributed by atoms with Gasteiger partial charge in [-0.15, -0.1) is 0 Å². The maximum absolute atomic E-state index is 10.1. The Morgan fingerprint density at radius 3 is 2.80 bits per heavy atom. The summed E-state index contributed by atoms with van der Waals surface area (Å²) in [6, 6.07) is 3.70. The van der Waals surface area contributed by atoms with Crippen LogP contribution in [0.15, 0.2) is 24.5 Å². The van der Waals surface area contributed by atoms with Crippen molar-refractivity contribution >= 4 is 0 Å². The second-order valence-corrected chi connectivity index (χ2v) is 3.51. The number of hydrogen-bond donors (Lipinski definition) is 1. The maximum atomic E-state index is 10.1. The lowest BCUT2D eigenvalue weighted by Gasteiger charge is -2.22. The molecule has 15 heavy (non-hydrogen) atoms. The highest BCUT2D eigenvalue weighted by Crippen LogP contribution is 2.21. The van der Waals surface area contributed by atoms with Gasteiger partial charge in [-0.3, -0.25) is 4.98 Å². The maximum Gasteiger partial charge on any atom is 0.107 e. The van der Waals surface area contributed by atoms with E-state index in [0.717, 1.165) is 18.4 Å². The largest absolute Gasteiger partial charge is 0.386 e. The van der Waals surface area contributed by atoms with Crippen LogP contribution in [0.5, 0.6) is 0 Å². The first-order chi connectivity index (χ1) is 7.29. The molecular weight excluding hydrogens is 190 g/mol. The molecule has 0 spiro atoms. The first kappa shape index (κ1) is 12.1. The summed E-state index contributed by atoms with van der Waals surface area (Å²) in [4.78, 5) is 3.99. The van der Waals surface area contributed by atoms with Gasteiger partial charge < -0.3 is 9.84 Å². The van der Waals surface area contributed by atoms with Gasteiger partial charge >= 0.3 is 0 Å². The zero-order valence-corrected chi connectivity index (χ0v) is 9.39. The lowest BCUT2D eigenvalue weighted by atomic mass is 10.0. The second kappa shape index (κ2) is 6.53. The Hall–Kier alpha value is -0.930. The van der Waals surface area contributed by atoms with E-state index in [-0.39, 0.29) is 6.10 Å². The van der Waals surface area contributed by atoms with Gasteiger partial charge in [-0.25, -0.2) is 0 Å². The molecule has 84 valence electrons. The number of rotatable bonds is 6. The van der Waals surface area contributed by atoms with Gasteiger partial charge in [0.05, 0.1) is 6.10 Å². The van der Waals surface area contributed by atoms with Crippen molar-refractivity contribution in [1.29, 1.82) is 0 Å². The van der Waals surface area contributed by atoms with Gasteiger partial charge in [0.2, 0.25) is 0 Å². The minimum atomic E-state index is -0.571. The summed E-state index contributed by atoms with van der Waals surface area (Å²) in [6.45, 7) is 4.66. The average Bonchev–Trinajstić information content (AvgIpc) is 2.29. The molecule has 0 aliphatic rings. The van der Waals surface area contributed by atoms with Crippen LogP contribution in [-0.2, 0) is 4.74 Å². The second-order valence-electron chi connectivity index (χ2n) is 3.51. The van der Waals surface area contributed by atoms with Crippen molar-refractivity contribution < 1.29 is 9.84 Å². The predicted octanol–water partition coefficient (Wildman–Crippen LogP) is 2.32. The Balaban J connectivity index is 2.67. The molecule has 0 saturated heterocycles. The SMILES string of the molecule is CCCC(OCC)C(O)c1cccnc1. The van der Waals surface area contributed by atoms with Gasteiger partial charge in [0.25, 0.3) is 0 Å². The molecule has 0 amide bonds. The third kappa shape index (κ3) is 3.61. The number of nitrogens with zero attached hydrogens (tertiary/aromatic N) is 1. The van der Waals surface area contributed by atoms with E-state index in [9.17, 15) is 5.11 Å². The van der Waals surface area contributed by atoms with Crippen LogP contribution in [0.3, 0.4) is 0 Å². The van der Waals surface area contributed by atoms with Crippen molar-refractivity contribution in [3.05, 3.63) is 30.1 Å². The minimum absolute atomic E-state index is 0.121. The summed E-state index contributed by atoms with van der Waals surface area (Å²) in [5.74, 6) is 0. The topological polar surface area (TPSA) is 42.4 Å². The average molecular weight is 209 g/mol. The van der Waals surface area contributed by atoms with E-state index in [4.69, 9.17) is 4.74 Å². The molecule has 3 nitrogen and oxygen atoms in total. The van der Waals surface area contributed by atoms with Crippen LogP contribution < -0.4 is 0 Å². The molecule has 0 saturated carbocycles. The van der Waals surface area contributed by atoms with E-state index in [2.05, 4.69) is 11.9 Å². The normalized spacial score (nSPS) is 14.9. The molecule has 0 aromatic carbocycles. The Labute approximate surface area is 91.1 Å². The molecular formula is C12H19NO2. The highest BCUT2D eigenvalue weighted by molar-refractivity contribution is 5.13. The summed E-state index contributed by atoms with van der Waals surface area (Å²) in [6.07, 6.45) is 4.56. The molecule has 0 aliphatic carbocycles. The molecule has 3 heteroatoms. The molecule has 1 aromatic heterocycles. The zero-order valence-electron chi connectivity index (χ0n) is 9.39. The van der Waals surface area contributed by atoms with Crippen molar-refractivity contribution in [2.75, 3.05) is 6.61 Å². The molecule has 1 rings (SSSR count). The molecule has 2 unspecified atom stereocenters. The smallest absolute Gasteiger partial charge is 0.107 e. The van der Waals surface area contributed by atoms with E-state index in [1.165, 1.54) is 0 Å². The standard InChI is InChI=1S/C12H19NO2/c1-3-6-11(15-4-2)12(14)10-7-5-8-13-9-10/h5,7-9,11-12,14H,3-4,6H2,1-2H3.